The molecule has 184 valence electrons. The molecule has 0 spiro atoms. The van der Waals surface area contributed by atoms with Gasteiger partial charge in [0.2, 0.25) is 0 Å². The highest BCUT2D eigenvalue weighted by Crippen LogP contribution is 2.26. The van der Waals surface area contributed by atoms with Crippen molar-refractivity contribution in [1.82, 2.24) is 10.2 Å². The molecule has 1 aliphatic rings. The maximum absolute atomic E-state index is 12.7. The van der Waals surface area contributed by atoms with Gasteiger partial charge >= 0.3 is 6.09 Å². The Kier molecular flexibility index (Phi) is 11.0. The van der Waals surface area contributed by atoms with Gasteiger partial charge in [-0.25, -0.2) is 4.79 Å². The molecule has 1 aliphatic heterocycles. The van der Waals surface area contributed by atoms with Crippen LogP contribution >= 0.6 is 0 Å². The maximum atomic E-state index is 12.7. The van der Waals surface area contributed by atoms with Crippen molar-refractivity contribution in [3.05, 3.63) is 58.7 Å². The van der Waals surface area contributed by atoms with Gasteiger partial charge in [0.25, 0.3) is 0 Å². The Balaban J connectivity index is 3.21. The topological polar surface area (TPSA) is 77.1 Å². The fraction of sp³-hybridized carbons (Fsp3) is 0.538. The molecule has 0 aromatic carbocycles. The van der Waals surface area contributed by atoms with Crippen molar-refractivity contribution in [2.45, 2.75) is 66.5 Å². The first-order valence-corrected chi connectivity index (χ1v) is 11.3. The summed E-state index contributed by atoms with van der Waals surface area (Å²) in [6, 6.07) is 0.221. The van der Waals surface area contributed by atoms with Crippen molar-refractivity contribution in [1.29, 1.82) is 0 Å². The normalized spacial score (nSPS) is 16.0. The van der Waals surface area contributed by atoms with E-state index >= 15 is 0 Å². The van der Waals surface area contributed by atoms with E-state index in [1.165, 1.54) is 7.11 Å². The molecule has 0 bridgehead atoms. The third-order valence-electron chi connectivity index (χ3n) is 4.82. The van der Waals surface area contributed by atoms with Crippen LogP contribution in [0, 0.1) is 0 Å². The van der Waals surface area contributed by atoms with Gasteiger partial charge in [-0.05, 0) is 78.2 Å². The molecule has 0 aromatic rings. The van der Waals surface area contributed by atoms with Crippen LogP contribution < -0.4 is 5.32 Å². The third kappa shape index (κ3) is 9.20. The summed E-state index contributed by atoms with van der Waals surface area (Å²) in [7, 11) is 1.49. The second-order valence-corrected chi connectivity index (χ2v) is 9.06. The number of nitrogens with one attached hydrogen (secondary N) is 1. The zero-order valence-corrected chi connectivity index (χ0v) is 21.4. The molecule has 0 aliphatic carbocycles. The molecule has 33 heavy (non-hydrogen) atoms. The van der Waals surface area contributed by atoms with Crippen LogP contribution in [0.1, 0.15) is 54.9 Å². The number of carbonyl (C=O) groups excluding carboxylic acids is 2. The van der Waals surface area contributed by atoms with E-state index in [4.69, 9.17) is 14.2 Å². The number of ether oxygens (including phenoxy) is 3. The number of allylic oxidation sites excluding steroid dienone is 4. The first-order valence-electron chi connectivity index (χ1n) is 11.3. The molecule has 1 N–H and O–H groups in total. The minimum atomic E-state index is -0.561. The summed E-state index contributed by atoms with van der Waals surface area (Å²) in [6.07, 6.45) is 6.30. The predicted octanol–water partition coefficient (Wildman–Crippen LogP) is 5.03. The van der Waals surface area contributed by atoms with Gasteiger partial charge in [-0.1, -0.05) is 12.7 Å². The molecule has 0 atom stereocenters. The van der Waals surface area contributed by atoms with Crippen molar-refractivity contribution >= 4 is 12.4 Å². The molecule has 7 nitrogen and oxygen atoms in total. The van der Waals surface area contributed by atoms with Crippen LogP contribution in [0.2, 0.25) is 0 Å². The average Bonchev–Trinajstić information content (AvgIpc) is 2.75. The van der Waals surface area contributed by atoms with Crippen LogP contribution in [0.25, 0.3) is 0 Å². The Morgan fingerprint density at radius 2 is 1.91 bits per heavy atom. The van der Waals surface area contributed by atoms with E-state index in [9.17, 15) is 9.59 Å². The van der Waals surface area contributed by atoms with E-state index in [0.29, 0.717) is 43.2 Å². The lowest BCUT2D eigenvalue weighted by Crippen LogP contribution is -2.42. The second-order valence-electron chi connectivity index (χ2n) is 9.06. The Morgan fingerprint density at radius 3 is 2.39 bits per heavy atom. The van der Waals surface area contributed by atoms with Crippen LogP contribution in [0.15, 0.2) is 58.7 Å². The van der Waals surface area contributed by atoms with Crippen molar-refractivity contribution < 1.29 is 23.8 Å². The van der Waals surface area contributed by atoms with E-state index in [2.05, 4.69) is 25.7 Å². The number of nitrogens with zero attached hydrogens (tertiary/aromatic N) is 1. The quantitative estimate of drug-likeness (QED) is 0.213. The highest BCUT2D eigenvalue weighted by Gasteiger charge is 2.28. The van der Waals surface area contributed by atoms with Gasteiger partial charge < -0.3 is 24.4 Å². The van der Waals surface area contributed by atoms with Gasteiger partial charge in [0.05, 0.1) is 19.2 Å². The van der Waals surface area contributed by atoms with E-state index in [-0.39, 0.29) is 12.1 Å². The molecule has 0 fully saturated rings. The molecule has 0 saturated carbocycles. The summed E-state index contributed by atoms with van der Waals surface area (Å²) < 4.78 is 16.7. The van der Waals surface area contributed by atoms with Crippen LogP contribution in [0.4, 0.5) is 4.79 Å². The number of hydrogen-bond acceptors (Lipinski definition) is 6. The number of rotatable bonds is 10. The fourth-order valence-corrected chi connectivity index (χ4v) is 3.27. The second kappa shape index (κ2) is 12.9. The van der Waals surface area contributed by atoms with E-state index in [1.807, 2.05) is 33.8 Å². The molecule has 1 rings (SSSR count). The van der Waals surface area contributed by atoms with Gasteiger partial charge in [-0.3, -0.25) is 4.79 Å². The first kappa shape index (κ1) is 28.1. The highest BCUT2D eigenvalue weighted by molar-refractivity contribution is 5.80. The van der Waals surface area contributed by atoms with Crippen LogP contribution in [0.5, 0.6) is 0 Å². The molecule has 0 unspecified atom stereocenters. The summed E-state index contributed by atoms with van der Waals surface area (Å²) in [5.41, 5.74) is 2.80. The molecular formula is C26H40N2O5. The molecule has 0 saturated heterocycles. The third-order valence-corrected chi connectivity index (χ3v) is 4.82. The van der Waals surface area contributed by atoms with Crippen molar-refractivity contribution in [3.63, 3.8) is 0 Å². The molecule has 7 heteroatoms. The summed E-state index contributed by atoms with van der Waals surface area (Å²) in [5, 5.41) is 3.46. The fourth-order valence-electron chi connectivity index (χ4n) is 3.27. The molecular weight excluding hydrogens is 420 g/mol. The summed E-state index contributed by atoms with van der Waals surface area (Å²) >= 11 is 0. The highest BCUT2D eigenvalue weighted by atomic mass is 16.6. The molecule has 0 aromatic heterocycles. The van der Waals surface area contributed by atoms with E-state index in [0.717, 1.165) is 23.1 Å². The maximum Gasteiger partial charge on any atom is 0.410 e. The van der Waals surface area contributed by atoms with Gasteiger partial charge in [0.1, 0.15) is 23.7 Å². The van der Waals surface area contributed by atoms with Crippen LogP contribution in [-0.2, 0) is 19.0 Å². The molecule has 1 amide bonds. The van der Waals surface area contributed by atoms with E-state index in [1.54, 1.807) is 24.0 Å². The molecule has 1 heterocycles. The SMILES string of the molecule is C=C(/C=C(C=O)\C(=C/C)OCC1=C(/C(=C/C)NC(C)C)CN(C(=O)OC(C)(C)C)CC1)OC. The summed E-state index contributed by atoms with van der Waals surface area (Å²) in [6.45, 7) is 18.4. The van der Waals surface area contributed by atoms with Crippen molar-refractivity contribution in [3.8, 4) is 0 Å². The monoisotopic (exact) mass is 460 g/mol. The number of amides is 1. The summed E-state index contributed by atoms with van der Waals surface area (Å²) in [5.74, 6) is 0.812. The lowest BCUT2D eigenvalue weighted by atomic mass is 9.97. The summed E-state index contributed by atoms with van der Waals surface area (Å²) in [4.78, 5) is 26.0. The lowest BCUT2D eigenvalue weighted by molar-refractivity contribution is -0.105. The zero-order valence-electron chi connectivity index (χ0n) is 21.4. The van der Waals surface area contributed by atoms with Crippen molar-refractivity contribution in [2.24, 2.45) is 0 Å². The zero-order chi connectivity index (χ0) is 25.2. The minimum absolute atomic E-state index is 0.221. The van der Waals surface area contributed by atoms with Gasteiger partial charge in [-0.2, -0.15) is 0 Å². The first-order chi connectivity index (χ1) is 15.4. The standard InChI is InChI=1S/C26H40N2O5/c1-10-23(27-18(3)4)22-15-28(25(30)33-26(6,7)8)13-12-20(22)17-32-24(11-2)21(16-29)14-19(5)31-9/h10-11,14,16,18,27H,5,12-13,15,17H2,1-4,6-9H3/b21-14-,23-10-,24-11+. The van der Waals surface area contributed by atoms with Gasteiger partial charge in [0.15, 0.2) is 6.29 Å². The van der Waals surface area contributed by atoms with E-state index < -0.39 is 5.60 Å². The average molecular weight is 461 g/mol. The Hall–Kier alpha value is -2.96. The Labute approximate surface area is 198 Å². The molecule has 0 radical (unpaired) electrons. The minimum Gasteiger partial charge on any atom is -0.497 e. The lowest BCUT2D eigenvalue weighted by Gasteiger charge is -2.34. The van der Waals surface area contributed by atoms with Gasteiger partial charge in [-0.15, -0.1) is 0 Å². The number of hydrogen-bond donors (Lipinski definition) is 1. The number of methoxy groups -OCH3 is 1. The largest absolute Gasteiger partial charge is 0.497 e. The van der Waals surface area contributed by atoms with Crippen molar-refractivity contribution in [2.75, 3.05) is 26.8 Å². The van der Waals surface area contributed by atoms with Gasteiger partial charge in [0, 0.05) is 18.3 Å². The van der Waals surface area contributed by atoms with Crippen LogP contribution in [0.3, 0.4) is 0 Å². The van der Waals surface area contributed by atoms with Crippen LogP contribution in [-0.4, -0.2) is 55.7 Å². The Morgan fingerprint density at radius 1 is 1.24 bits per heavy atom. The number of aldehydes is 1. The smallest absolute Gasteiger partial charge is 0.410 e. The predicted molar refractivity (Wildman–Crippen MR) is 131 cm³/mol. The Bertz CT molecular complexity index is 841. The number of carbonyl (C=O) groups is 2.